The molecule has 0 saturated heterocycles. The molecule has 5 rings (SSSR count). The largest absolute Gasteiger partial charge is 0.325 e. The summed E-state index contributed by atoms with van der Waals surface area (Å²) in [7, 11) is 0. The van der Waals surface area contributed by atoms with Gasteiger partial charge in [-0.1, -0.05) is 109 Å². The van der Waals surface area contributed by atoms with E-state index in [4.69, 9.17) is 4.98 Å². The predicted octanol–water partition coefficient (Wildman–Crippen LogP) is 6.48. The third kappa shape index (κ3) is 4.67. The van der Waals surface area contributed by atoms with Crippen LogP contribution in [0.15, 0.2) is 108 Å². The number of hydrogen-bond acceptors (Lipinski definition) is 5. The van der Waals surface area contributed by atoms with Crippen LogP contribution in [0.1, 0.15) is 6.92 Å². The number of nitrogens with one attached hydrogen (secondary N) is 1. The molecule has 1 atom stereocenters. The minimum atomic E-state index is -0.410. The van der Waals surface area contributed by atoms with Crippen LogP contribution >= 0.6 is 11.8 Å². The van der Waals surface area contributed by atoms with E-state index in [1.165, 1.54) is 11.8 Å². The number of carbonyl (C=O) groups is 1. The summed E-state index contributed by atoms with van der Waals surface area (Å²) in [4.78, 5) is 17.8. The van der Waals surface area contributed by atoms with Crippen molar-refractivity contribution < 1.29 is 4.79 Å². The molecular formula is C28H22N4OS. The van der Waals surface area contributed by atoms with E-state index in [0.717, 1.165) is 33.3 Å². The van der Waals surface area contributed by atoms with Crippen LogP contribution in [0.25, 0.3) is 33.3 Å². The van der Waals surface area contributed by atoms with Gasteiger partial charge in [0.15, 0.2) is 0 Å². The molecule has 1 N–H and O–H groups in total. The minimum Gasteiger partial charge on any atom is -0.325 e. The van der Waals surface area contributed by atoms with Crippen molar-refractivity contribution >= 4 is 34.1 Å². The number of fused-ring (bicyclic) bond motifs is 1. The molecule has 0 fully saturated rings. The van der Waals surface area contributed by atoms with Crippen molar-refractivity contribution in [1.29, 1.82) is 0 Å². The Labute approximate surface area is 202 Å². The Morgan fingerprint density at radius 1 is 0.735 bits per heavy atom. The Morgan fingerprint density at radius 3 is 2.09 bits per heavy atom. The standard InChI is InChI=1S/C28H22N4OS/c1-19(27(33)29-24-18-10-16-20-11-8-9-17-23(20)24)34-28-30-25(21-12-4-2-5-13-21)26(31-32-28)22-14-6-3-7-15-22/h2-19H,1H3,(H,29,33)/t19-/m1/s1. The number of amides is 1. The molecule has 5 nitrogen and oxygen atoms in total. The molecular weight excluding hydrogens is 440 g/mol. The molecule has 0 radical (unpaired) electrons. The van der Waals surface area contributed by atoms with E-state index in [0.29, 0.717) is 10.9 Å². The molecule has 1 heterocycles. The second-order valence-electron chi connectivity index (χ2n) is 7.80. The van der Waals surface area contributed by atoms with Crippen molar-refractivity contribution in [1.82, 2.24) is 15.2 Å². The summed E-state index contributed by atoms with van der Waals surface area (Å²) in [5, 5.41) is 14.0. The molecule has 0 saturated carbocycles. The fourth-order valence-corrected chi connectivity index (χ4v) is 4.44. The van der Waals surface area contributed by atoms with Gasteiger partial charge in [0.2, 0.25) is 11.1 Å². The Hall–Kier alpha value is -4.03. The zero-order valence-corrected chi connectivity index (χ0v) is 19.4. The highest BCUT2D eigenvalue weighted by Gasteiger charge is 2.20. The topological polar surface area (TPSA) is 67.8 Å². The maximum atomic E-state index is 13.0. The number of carbonyl (C=O) groups excluding carboxylic acids is 1. The fourth-order valence-electron chi connectivity index (χ4n) is 3.73. The normalized spacial score (nSPS) is 11.8. The Morgan fingerprint density at radius 2 is 1.35 bits per heavy atom. The second-order valence-corrected chi connectivity index (χ2v) is 9.11. The zero-order valence-electron chi connectivity index (χ0n) is 18.6. The molecule has 34 heavy (non-hydrogen) atoms. The highest BCUT2D eigenvalue weighted by Crippen LogP contribution is 2.31. The van der Waals surface area contributed by atoms with E-state index < -0.39 is 5.25 Å². The Kier molecular flexibility index (Phi) is 6.31. The lowest BCUT2D eigenvalue weighted by atomic mass is 10.0. The van der Waals surface area contributed by atoms with Crippen molar-refractivity contribution in [3.8, 4) is 22.5 Å². The predicted molar refractivity (Wildman–Crippen MR) is 139 cm³/mol. The molecule has 0 unspecified atom stereocenters. The smallest absolute Gasteiger partial charge is 0.237 e. The van der Waals surface area contributed by atoms with Crippen LogP contribution in [0.5, 0.6) is 0 Å². The summed E-state index contributed by atoms with van der Waals surface area (Å²) < 4.78 is 0. The molecule has 1 amide bonds. The molecule has 1 aromatic heterocycles. The summed E-state index contributed by atoms with van der Waals surface area (Å²) in [6.45, 7) is 1.85. The highest BCUT2D eigenvalue weighted by molar-refractivity contribution is 8.00. The van der Waals surface area contributed by atoms with Crippen LogP contribution in [0.3, 0.4) is 0 Å². The fraction of sp³-hybridized carbons (Fsp3) is 0.0714. The molecule has 0 bridgehead atoms. The van der Waals surface area contributed by atoms with Crippen molar-refractivity contribution in [3.63, 3.8) is 0 Å². The van der Waals surface area contributed by atoms with Crippen LogP contribution < -0.4 is 5.32 Å². The van der Waals surface area contributed by atoms with E-state index in [1.54, 1.807) is 0 Å². The van der Waals surface area contributed by atoms with E-state index in [9.17, 15) is 4.79 Å². The van der Waals surface area contributed by atoms with Crippen molar-refractivity contribution in [3.05, 3.63) is 103 Å². The number of nitrogens with zero attached hydrogens (tertiary/aromatic N) is 3. The molecule has 0 aliphatic carbocycles. The summed E-state index contributed by atoms with van der Waals surface area (Å²) in [6.07, 6.45) is 0. The average molecular weight is 463 g/mol. The van der Waals surface area contributed by atoms with Crippen molar-refractivity contribution in [2.45, 2.75) is 17.3 Å². The molecule has 166 valence electrons. The van der Waals surface area contributed by atoms with Crippen LogP contribution in [-0.4, -0.2) is 26.3 Å². The Bertz CT molecular complexity index is 1440. The average Bonchev–Trinajstić information content (AvgIpc) is 2.90. The van der Waals surface area contributed by atoms with Gasteiger partial charge >= 0.3 is 0 Å². The number of benzene rings is 4. The van der Waals surface area contributed by atoms with Gasteiger partial charge in [-0.25, -0.2) is 4.98 Å². The lowest BCUT2D eigenvalue weighted by Gasteiger charge is -2.14. The molecule has 0 aliphatic rings. The highest BCUT2D eigenvalue weighted by atomic mass is 32.2. The molecule has 4 aromatic carbocycles. The van der Waals surface area contributed by atoms with Crippen LogP contribution in [0, 0.1) is 0 Å². The van der Waals surface area contributed by atoms with E-state index in [1.807, 2.05) is 110 Å². The minimum absolute atomic E-state index is 0.113. The SMILES string of the molecule is C[C@@H](Sc1nnc(-c2ccccc2)c(-c2ccccc2)n1)C(=O)Nc1cccc2ccccc12. The van der Waals surface area contributed by atoms with Crippen molar-refractivity contribution in [2.24, 2.45) is 0 Å². The third-order valence-corrected chi connectivity index (χ3v) is 6.41. The van der Waals surface area contributed by atoms with Gasteiger partial charge in [0.05, 0.1) is 5.25 Å². The third-order valence-electron chi connectivity index (χ3n) is 5.46. The quantitative estimate of drug-likeness (QED) is 0.293. The van der Waals surface area contributed by atoms with Crippen LogP contribution in [0.2, 0.25) is 0 Å². The first-order valence-electron chi connectivity index (χ1n) is 11.0. The van der Waals surface area contributed by atoms with Crippen LogP contribution in [-0.2, 0) is 4.79 Å². The maximum absolute atomic E-state index is 13.0. The van der Waals surface area contributed by atoms with Gasteiger partial charge in [-0.15, -0.1) is 10.2 Å². The number of rotatable bonds is 6. The molecule has 5 aromatic rings. The monoisotopic (exact) mass is 462 g/mol. The number of thioether (sulfide) groups is 1. The molecule has 0 spiro atoms. The van der Waals surface area contributed by atoms with E-state index >= 15 is 0 Å². The lowest BCUT2D eigenvalue weighted by Crippen LogP contribution is -2.23. The second kappa shape index (κ2) is 9.85. The summed E-state index contributed by atoms with van der Waals surface area (Å²) >= 11 is 1.29. The summed E-state index contributed by atoms with van der Waals surface area (Å²) in [5.74, 6) is -0.113. The molecule has 6 heteroatoms. The first kappa shape index (κ1) is 21.8. The van der Waals surface area contributed by atoms with Gasteiger partial charge in [0, 0.05) is 22.2 Å². The first-order valence-corrected chi connectivity index (χ1v) is 11.9. The zero-order chi connectivity index (χ0) is 23.3. The van der Waals surface area contributed by atoms with Crippen LogP contribution in [0.4, 0.5) is 5.69 Å². The van der Waals surface area contributed by atoms with Gasteiger partial charge in [-0.3, -0.25) is 4.79 Å². The number of anilines is 1. The van der Waals surface area contributed by atoms with E-state index in [-0.39, 0.29) is 5.91 Å². The van der Waals surface area contributed by atoms with Crippen molar-refractivity contribution in [2.75, 3.05) is 5.32 Å². The van der Waals surface area contributed by atoms with Gasteiger partial charge in [0.25, 0.3) is 0 Å². The number of aromatic nitrogens is 3. The first-order chi connectivity index (χ1) is 16.7. The van der Waals surface area contributed by atoms with Gasteiger partial charge in [-0.2, -0.15) is 0 Å². The Balaban J connectivity index is 1.41. The van der Waals surface area contributed by atoms with Gasteiger partial charge < -0.3 is 5.32 Å². The van der Waals surface area contributed by atoms with Gasteiger partial charge in [0.1, 0.15) is 11.4 Å². The van der Waals surface area contributed by atoms with Gasteiger partial charge in [-0.05, 0) is 18.4 Å². The maximum Gasteiger partial charge on any atom is 0.237 e. The van der Waals surface area contributed by atoms with E-state index in [2.05, 4.69) is 15.5 Å². The lowest BCUT2D eigenvalue weighted by molar-refractivity contribution is -0.115. The number of hydrogen-bond donors (Lipinski definition) is 1. The molecule has 0 aliphatic heterocycles. The summed E-state index contributed by atoms with van der Waals surface area (Å²) in [5.41, 5.74) is 4.14. The summed E-state index contributed by atoms with van der Waals surface area (Å²) in [6, 6.07) is 33.7.